The van der Waals surface area contributed by atoms with E-state index in [1.165, 1.54) is 12.8 Å². The summed E-state index contributed by atoms with van der Waals surface area (Å²) in [5, 5.41) is 22.8. The highest BCUT2D eigenvalue weighted by Crippen LogP contribution is 2.17. The van der Waals surface area contributed by atoms with E-state index in [9.17, 15) is 4.79 Å². The number of urea groups is 1. The van der Waals surface area contributed by atoms with Gasteiger partial charge >= 0.3 is 6.03 Å². The number of hydrogen-bond acceptors (Lipinski definition) is 3. The van der Waals surface area contributed by atoms with Gasteiger partial charge < -0.3 is 20.8 Å². The highest BCUT2D eigenvalue weighted by Gasteiger charge is 2.16. The molecule has 0 aliphatic heterocycles. The molecule has 5 nitrogen and oxygen atoms in total. The smallest absolute Gasteiger partial charge is 0.315 e. The summed E-state index contributed by atoms with van der Waals surface area (Å²) in [6.45, 7) is -0.237. The molecule has 0 saturated heterocycles. The molecule has 1 rings (SSSR count). The third-order valence-corrected chi connectivity index (χ3v) is 2.40. The molecule has 0 bridgehead atoms. The van der Waals surface area contributed by atoms with E-state index in [1.807, 2.05) is 0 Å². The summed E-state index contributed by atoms with van der Waals surface area (Å²) < 4.78 is 0. The molecule has 1 fully saturated rings. The summed E-state index contributed by atoms with van der Waals surface area (Å²) in [4.78, 5) is 11.2. The molecule has 5 heteroatoms. The molecule has 1 aliphatic carbocycles. The van der Waals surface area contributed by atoms with Crippen LogP contribution in [0, 0.1) is 0 Å². The minimum Gasteiger partial charge on any atom is -0.394 e. The van der Waals surface area contributed by atoms with Crippen LogP contribution in [0.4, 0.5) is 4.79 Å². The van der Waals surface area contributed by atoms with E-state index in [1.54, 1.807) is 0 Å². The lowest BCUT2D eigenvalue weighted by Gasteiger charge is -2.14. The predicted octanol–water partition coefficient (Wildman–Crippen LogP) is -0.419. The lowest BCUT2D eigenvalue weighted by molar-refractivity contribution is 0.0958. The second kappa shape index (κ2) is 5.82. The molecule has 1 atom stereocenters. The van der Waals surface area contributed by atoms with Gasteiger partial charge in [-0.05, 0) is 12.8 Å². The molecule has 0 radical (unpaired) electrons. The molecule has 4 N–H and O–H groups in total. The van der Waals surface area contributed by atoms with Crippen LogP contribution in [-0.4, -0.2) is 41.5 Å². The second-order valence-electron chi connectivity index (χ2n) is 3.67. The van der Waals surface area contributed by atoms with Crippen LogP contribution in [0.2, 0.25) is 0 Å². The quantitative estimate of drug-likeness (QED) is 0.500. The number of hydrogen-bond donors (Lipinski definition) is 4. The van der Waals surface area contributed by atoms with Crippen LogP contribution >= 0.6 is 0 Å². The molecule has 2 amide bonds. The zero-order chi connectivity index (χ0) is 10.4. The summed E-state index contributed by atoms with van der Waals surface area (Å²) in [5.74, 6) is 0. The van der Waals surface area contributed by atoms with Gasteiger partial charge in [-0.3, -0.25) is 0 Å². The third kappa shape index (κ3) is 3.93. The first kappa shape index (κ1) is 11.3. The first-order chi connectivity index (χ1) is 6.72. The van der Waals surface area contributed by atoms with Crippen LogP contribution in [0.5, 0.6) is 0 Å². The Hall–Kier alpha value is -0.810. The molecule has 82 valence electrons. The first-order valence-corrected chi connectivity index (χ1v) is 5.05. The van der Waals surface area contributed by atoms with Gasteiger partial charge in [-0.25, -0.2) is 4.79 Å². The molecular formula is C9H18N2O3. The number of amides is 2. The number of carbonyl (C=O) groups is 1. The van der Waals surface area contributed by atoms with Gasteiger partial charge in [-0.1, -0.05) is 12.8 Å². The van der Waals surface area contributed by atoms with Crippen molar-refractivity contribution in [2.24, 2.45) is 0 Å². The number of rotatable bonds is 4. The van der Waals surface area contributed by atoms with Crippen molar-refractivity contribution in [3.63, 3.8) is 0 Å². The fraction of sp³-hybridized carbons (Fsp3) is 0.889. The number of aliphatic hydroxyl groups excluding tert-OH is 2. The summed E-state index contributed by atoms with van der Waals surface area (Å²) in [6, 6.07) is 0.0191. The SMILES string of the molecule is O=C(NCC(O)CO)NC1CCCC1. The molecule has 0 aromatic heterocycles. The maximum atomic E-state index is 11.2. The average Bonchev–Trinajstić information content (AvgIpc) is 2.66. The lowest BCUT2D eigenvalue weighted by Crippen LogP contribution is -2.44. The molecule has 1 aliphatic rings. The van der Waals surface area contributed by atoms with Gasteiger partial charge in [0, 0.05) is 12.6 Å². The molecule has 0 heterocycles. The Labute approximate surface area is 83.5 Å². The summed E-state index contributed by atoms with van der Waals surface area (Å²) in [5.41, 5.74) is 0. The molecule has 0 aromatic rings. The standard InChI is InChI=1S/C9H18N2O3/c12-6-8(13)5-10-9(14)11-7-3-1-2-4-7/h7-8,12-13H,1-6H2,(H2,10,11,14). The zero-order valence-electron chi connectivity index (χ0n) is 8.20. The van der Waals surface area contributed by atoms with Crippen molar-refractivity contribution in [2.45, 2.75) is 37.8 Å². The Balaban J connectivity index is 2.09. The topological polar surface area (TPSA) is 81.6 Å². The van der Waals surface area contributed by atoms with E-state index in [-0.39, 0.29) is 25.2 Å². The molecule has 1 unspecified atom stereocenters. The van der Waals surface area contributed by atoms with Gasteiger partial charge in [0.15, 0.2) is 0 Å². The van der Waals surface area contributed by atoms with Crippen molar-refractivity contribution in [2.75, 3.05) is 13.2 Å². The van der Waals surface area contributed by atoms with Crippen molar-refractivity contribution >= 4 is 6.03 Å². The van der Waals surface area contributed by atoms with Crippen molar-refractivity contribution in [3.05, 3.63) is 0 Å². The van der Waals surface area contributed by atoms with Gasteiger partial charge in [0.2, 0.25) is 0 Å². The van der Waals surface area contributed by atoms with Crippen molar-refractivity contribution in [1.82, 2.24) is 10.6 Å². The maximum absolute atomic E-state index is 11.2. The minimum absolute atomic E-state index is 0.0923. The summed E-state index contributed by atoms with van der Waals surface area (Å²) >= 11 is 0. The Bertz CT molecular complexity index is 181. The van der Waals surface area contributed by atoms with E-state index in [0.717, 1.165) is 12.8 Å². The van der Waals surface area contributed by atoms with Crippen LogP contribution in [0.15, 0.2) is 0 Å². The fourth-order valence-corrected chi connectivity index (χ4v) is 1.58. The zero-order valence-corrected chi connectivity index (χ0v) is 8.20. The monoisotopic (exact) mass is 202 g/mol. The Kier molecular flexibility index (Phi) is 4.69. The van der Waals surface area contributed by atoms with Gasteiger partial charge in [0.05, 0.1) is 12.7 Å². The van der Waals surface area contributed by atoms with Crippen molar-refractivity contribution < 1.29 is 15.0 Å². The van der Waals surface area contributed by atoms with Gasteiger partial charge in [0.1, 0.15) is 0 Å². The highest BCUT2D eigenvalue weighted by atomic mass is 16.3. The Morgan fingerprint density at radius 3 is 2.64 bits per heavy atom. The number of aliphatic hydroxyl groups is 2. The molecular weight excluding hydrogens is 184 g/mol. The van der Waals surface area contributed by atoms with E-state index < -0.39 is 6.10 Å². The van der Waals surface area contributed by atoms with Gasteiger partial charge in [0.25, 0.3) is 0 Å². The van der Waals surface area contributed by atoms with Crippen LogP contribution in [-0.2, 0) is 0 Å². The molecule has 0 spiro atoms. The highest BCUT2D eigenvalue weighted by molar-refractivity contribution is 5.74. The third-order valence-electron chi connectivity index (χ3n) is 2.40. The fourth-order valence-electron chi connectivity index (χ4n) is 1.58. The van der Waals surface area contributed by atoms with E-state index >= 15 is 0 Å². The lowest BCUT2D eigenvalue weighted by atomic mass is 10.2. The van der Waals surface area contributed by atoms with Crippen LogP contribution in [0.3, 0.4) is 0 Å². The second-order valence-corrected chi connectivity index (χ2v) is 3.67. The predicted molar refractivity (Wildman–Crippen MR) is 51.9 cm³/mol. The minimum atomic E-state index is -0.871. The van der Waals surface area contributed by atoms with E-state index in [4.69, 9.17) is 10.2 Å². The van der Waals surface area contributed by atoms with Crippen molar-refractivity contribution in [3.8, 4) is 0 Å². The summed E-state index contributed by atoms with van der Waals surface area (Å²) in [6.07, 6.45) is 3.55. The number of carbonyl (C=O) groups excluding carboxylic acids is 1. The van der Waals surface area contributed by atoms with Crippen LogP contribution in [0.25, 0.3) is 0 Å². The van der Waals surface area contributed by atoms with Crippen molar-refractivity contribution in [1.29, 1.82) is 0 Å². The largest absolute Gasteiger partial charge is 0.394 e. The van der Waals surface area contributed by atoms with Crippen LogP contribution in [0.1, 0.15) is 25.7 Å². The van der Waals surface area contributed by atoms with Gasteiger partial charge in [-0.2, -0.15) is 0 Å². The molecule has 0 aromatic carbocycles. The Morgan fingerprint density at radius 2 is 2.07 bits per heavy atom. The maximum Gasteiger partial charge on any atom is 0.315 e. The Morgan fingerprint density at radius 1 is 1.43 bits per heavy atom. The molecule has 14 heavy (non-hydrogen) atoms. The van der Waals surface area contributed by atoms with Gasteiger partial charge in [-0.15, -0.1) is 0 Å². The van der Waals surface area contributed by atoms with E-state index in [2.05, 4.69) is 10.6 Å². The van der Waals surface area contributed by atoms with E-state index in [0.29, 0.717) is 0 Å². The first-order valence-electron chi connectivity index (χ1n) is 5.05. The average molecular weight is 202 g/mol. The summed E-state index contributed by atoms with van der Waals surface area (Å²) in [7, 11) is 0. The number of nitrogens with one attached hydrogen (secondary N) is 2. The van der Waals surface area contributed by atoms with Crippen LogP contribution < -0.4 is 10.6 Å². The normalized spacial score (nSPS) is 19.3. The molecule has 1 saturated carbocycles.